The largest absolute Gasteiger partial charge is 0.478 e. The molecule has 0 saturated carbocycles. The van der Waals surface area contributed by atoms with Gasteiger partial charge in [-0.3, -0.25) is 5.32 Å². The van der Waals surface area contributed by atoms with Crippen LogP contribution in [0.1, 0.15) is 13.8 Å². The van der Waals surface area contributed by atoms with Crippen LogP contribution < -0.4 is 5.32 Å². The maximum Gasteiger partial charge on any atom is 0.139 e. The van der Waals surface area contributed by atoms with E-state index in [0.29, 0.717) is 6.73 Å². The van der Waals surface area contributed by atoms with Crippen molar-refractivity contribution in [3.8, 4) is 0 Å². The van der Waals surface area contributed by atoms with Crippen LogP contribution in [0.5, 0.6) is 0 Å². The van der Waals surface area contributed by atoms with Crippen molar-refractivity contribution in [3.05, 3.63) is 35.6 Å². The molecule has 1 N–H and O–H groups in total. The highest BCUT2D eigenvalue weighted by atomic mass is 16.5. The normalized spacial score (nSPS) is 25.2. The molecule has 2 nitrogen and oxygen atoms in total. The summed E-state index contributed by atoms with van der Waals surface area (Å²) in [6.45, 7) is 5.53. The fraction of sp³-hybridized carbons (Fsp3) is 0.400. The Hall–Kier alpha value is -1.02. The second-order valence-electron chi connectivity index (χ2n) is 2.59. The fourth-order valence-electron chi connectivity index (χ4n) is 1.08. The first-order valence-electron chi connectivity index (χ1n) is 4.20. The fourth-order valence-corrected chi connectivity index (χ4v) is 1.08. The predicted octanol–water partition coefficient (Wildman–Crippen LogP) is 1.97. The lowest BCUT2D eigenvalue weighted by Crippen LogP contribution is -2.27. The topological polar surface area (TPSA) is 21.3 Å². The Kier molecular flexibility index (Phi) is 3.61. The highest BCUT2D eigenvalue weighted by Gasteiger charge is 2.09. The third-order valence-corrected chi connectivity index (χ3v) is 1.75. The van der Waals surface area contributed by atoms with Crippen molar-refractivity contribution in [2.75, 3.05) is 13.3 Å². The molecule has 1 aliphatic heterocycles. The second kappa shape index (κ2) is 4.78. The Morgan fingerprint density at radius 2 is 2.25 bits per heavy atom. The van der Waals surface area contributed by atoms with Gasteiger partial charge in [0.25, 0.3) is 0 Å². The van der Waals surface area contributed by atoms with Crippen molar-refractivity contribution in [3.63, 3.8) is 0 Å². The van der Waals surface area contributed by atoms with Gasteiger partial charge in [0.2, 0.25) is 0 Å². The highest BCUT2D eigenvalue weighted by molar-refractivity contribution is 5.30. The molecule has 0 spiro atoms. The summed E-state index contributed by atoms with van der Waals surface area (Å²) in [5.41, 5.74) is 1.22. The first kappa shape index (κ1) is 9.07. The van der Waals surface area contributed by atoms with E-state index in [-0.39, 0.29) is 0 Å². The number of hydrogen-bond acceptors (Lipinski definition) is 2. The number of allylic oxidation sites excluding steroid dienone is 4. The van der Waals surface area contributed by atoms with Gasteiger partial charge in [-0.15, -0.1) is 0 Å². The van der Waals surface area contributed by atoms with Gasteiger partial charge in [-0.05, 0) is 19.9 Å². The minimum absolute atomic E-state index is 0.612. The highest BCUT2D eigenvalue weighted by Crippen LogP contribution is 2.13. The van der Waals surface area contributed by atoms with Gasteiger partial charge in [0.05, 0.1) is 0 Å². The van der Waals surface area contributed by atoms with Crippen molar-refractivity contribution in [1.29, 1.82) is 0 Å². The Morgan fingerprint density at radius 3 is 2.92 bits per heavy atom. The first-order chi connectivity index (χ1) is 5.88. The zero-order valence-electron chi connectivity index (χ0n) is 7.63. The van der Waals surface area contributed by atoms with E-state index < -0.39 is 0 Å². The van der Waals surface area contributed by atoms with Crippen LogP contribution in [-0.2, 0) is 4.74 Å². The summed E-state index contributed by atoms with van der Waals surface area (Å²) in [6.07, 6.45) is 8.05. The molecule has 1 heterocycles. The third kappa shape index (κ3) is 2.24. The lowest BCUT2D eigenvalue weighted by Gasteiger charge is -2.19. The second-order valence-corrected chi connectivity index (χ2v) is 2.59. The summed E-state index contributed by atoms with van der Waals surface area (Å²) in [4.78, 5) is 0. The minimum atomic E-state index is 0.612. The van der Waals surface area contributed by atoms with Crippen LogP contribution in [0.15, 0.2) is 35.6 Å². The molecule has 0 atom stereocenters. The average Bonchev–Trinajstić information content (AvgIpc) is 2.15. The van der Waals surface area contributed by atoms with E-state index in [2.05, 4.69) is 11.4 Å². The lowest BCUT2D eigenvalue weighted by atomic mass is 10.2. The molecule has 1 fully saturated rings. The molecule has 0 bridgehead atoms. The molecule has 2 heteroatoms. The third-order valence-electron chi connectivity index (χ3n) is 1.75. The van der Waals surface area contributed by atoms with E-state index in [1.807, 2.05) is 32.1 Å². The van der Waals surface area contributed by atoms with Crippen molar-refractivity contribution in [2.24, 2.45) is 0 Å². The number of rotatable bonds is 1. The Labute approximate surface area is 73.6 Å². The Bertz CT molecular complexity index is 226. The number of nitrogens with one attached hydrogen (secondary N) is 1. The summed E-state index contributed by atoms with van der Waals surface area (Å²) >= 11 is 0. The van der Waals surface area contributed by atoms with Gasteiger partial charge in [-0.25, -0.2) is 0 Å². The molecule has 0 aromatic heterocycles. The zero-order chi connectivity index (χ0) is 8.81. The van der Waals surface area contributed by atoms with E-state index in [1.165, 1.54) is 5.57 Å². The maximum atomic E-state index is 5.41. The molecule has 1 aliphatic rings. The zero-order valence-corrected chi connectivity index (χ0v) is 7.63. The molecule has 1 saturated heterocycles. The van der Waals surface area contributed by atoms with Gasteiger partial charge in [-0.1, -0.05) is 18.2 Å². The molecule has 1 rings (SSSR count). The van der Waals surface area contributed by atoms with Crippen LogP contribution >= 0.6 is 0 Å². The molecule has 0 aromatic rings. The molecular formula is C10H15NO. The summed E-state index contributed by atoms with van der Waals surface area (Å²) < 4.78 is 5.41. The van der Waals surface area contributed by atoms with Crippen molar-refractivity contribution in [2.45, 2.75) is 13.8 Å². The number of ether oxygens (including phenoxy) is 1. The molecule has 0 aromatic carbocycles. The minimum Gasteiger partial charge on any atom is -0.478 e. The molecule has 0 aliphatic carbocycles. The van der Waals surface area contributed by atoms with E-state index in [9.17, 15) is 0 Å². The molecule has 0 unspecified atom stereocenters. The SMILES string of the molecule is C\C=C/C=C1/OCNC/C1=C/C. The molecule has 0 radical (unpaired) electrons. The Balaban J connectivity index is 2.71. The van der Waals surface area contributed by atoms with Gasteiger partial charge >= 0.3 is 0 Å². The lowest BCUT2D eigenvalue weighted by molar-refractivity contribution is 0.177. The first-order valence-corrected chi connectivity index (χ1v) is 4.20. The van der Waals surface area contributed by atoms with E-state index in [0.717, 1.165) is 12.3 Å². The van der Waals surface area contributed by atoms with Crippen LogP contribution in [0.4, 0.5) is 0 Å². The van der Waals surface area contributed by atoms with Gasteiger partial charge in [0, 0.05) is 12.1 Å². The van der Waals surface area contributed by atoms with Crippen LogP contribution in [0.2, 0.25) is 0 Å². The average molecular weight is 165 g/mol. The van der Waals surface area contributed by atoms with Crippen LogP contribution in [0.3, 0.4) is 0 Å². The van der Waals surface area contributed by atoms with Crippen molar-refractivity contribution >= 4 is 0 Å². The van der Waals surface area contributed by atoms with Gasteiger partial charge in [-0.2, -0.15) is 0 Å². The van der Waals surface area contributed by atoms with Gasteiger partial charge < -0.3 is 4.74 Å². The van der Waals surface area contributed by atoms with Gasteiger partial charge in [0.1, 0.15) is 12.5 Å². The van der Waals surface area contributed by atoms with Crippen LogP contribution in [0, 0.1) is 0 Å². The summed E-state index contributed by atoms with van der Waals surface area (Å²) in [7, 11) is 0. The smallest absolute Gasteiger partial charge is 0.139 e. The molecule has 66 valence electrons. The predicted molar refractivity (Wildman–Crippen MR) is 50.6 cm³/mol. The monoisotopic (exact) mass is 165 g/mol. The Morgan fingerprint density at radius 1 is 1.42 bits per heavy atom. The van der Waals surface area contributed by atoms with E-state index in [1.54, 1.807) is 0 Å². The van der Waals surface area contributed by atoms with E-state index >= 15 is 0 Å². The summed E-state index contributed by atoms with van der Waals surface area (Å²) in [5.74, 6) is 0.981. The van der Waals surface area contributed by atoms with Crippen molar-refractivity contribution < 1.29 is 4.74 Å². The molecule has 0 amide bonds. The van der Waals surface area contributed by atoms with Crippen LogP contribution in [0.25, 0.3) is 0 Å². The van der Waals surface area contributed by atoms with E-state index in [4.69, 9.17) is 4.74 Å². The molecular weight excluding hydrogens is 150 g/mol. The maximum absolute atomic E-state index is 5.41. The molecule has 12 heavy (non-hydrogen) atoms. The van der Waals surface area contributed by atoms with Crippen molar-refractivity contribution in [1.82, 2.24) is 5.32 Å². The number of hydrogen-bond donors (Lipinski definition) is 1. The quantitative estimate of drug-likeness (QED) is 0.641. The van der Waals surface area contributed by atoms with Gasteiger partial charge in [0.15, 0.2) is 0 Å². The van der Waals surface area contributed by atoms with Crippen LogP contribution in [-0.4, -0.2) is 13.3 Å². The standard InChI is InChI=1S/C10H15NO/c1-3-5-6-10-9(4-2)7-11-8-12-10/h3-6,11H,7-8H2,1-2H3/b5-3-,9-4-,10-6+. The summed E-state index contributed by atoms with van der Waals surface area (Å²) in [6, 6.07) is 0. The summed E-state index contributed by atoms with van der Waals surface area (Å²) in [5, 5.41) is 3.14.